The molecule has 2 heterocycles. The van der Waals surface area contributed by atoms with Crippen molar-refractivity contribution in [2.75, 3.05) is 0 Å². The zero-order valence-electron chi connectivity index (χ0n) is 10.8. The van der Waals surface area contributed by atoms with Crippen molar-refractivity contribution in [3.8, 4) is 5.75 Å². The maximum absolute atomic E-state index is 11.1. The highest BCUT2D eigenvalue weighted by molar-refractivity contribution is 7.14. The standard InChI is InChI=1S/C13H15NO3S2/c1-3-4-11-14-9(7-18-11)6-17-10-5-8(2)19-12(10)13(15)16/h5,7H,3-4,6H2,1-2H3,(H,15,16). The molecule has 0 radical (unpaired) electrons. The van der Waals surface area contributed by atoms with Gasteiger partial charge >= 0.3 is 5.97 Å². The third kappa shape index (κ3) is 3.54. The highest BCUT2D eigenvalue weighted by Crippen LogP contribution is 2.29. The normalized spacial score (nSPS) is 10.6. The Bertz CT molecular complexity index is 574. The number of carboxylic acid groups (broad SMARTS) is 1. The number of aromatic nitrogens is 1. The van der Waals surface area contributed by atoms with Crippen LogP contribution in [-0.4, -0.2) is 16.1 Å². The number of carboxylic acids is 1. The fraction of sp³-hybridized carbons (Fsp3) is 0.385. The molecule has 0 aliphatic rings. The van der Waals surface area contributed by atoms with Crippen LogP contribution in [-0.2, 0) is 13.0 Å². The molecular weight excluding hydrogens is 282 g/mol. The van der Waals surface area contributed by atoms with Crippen molar-refractivity contribution in [1.29, 1.82) is 0 Å². The number of aryl methyl sites for hydroxylation is 2. The fourth-order valence-corrected chi connectivity index (χ4v) is 3.32. The lowest BCUT2D eigenvalue weighted by molar-refractivity contribution is 0.0697. The minimum atomic E-state index is -0.946. The average Bonchev–Trinajstić information content (AvgIpc) is 2.94. The lowest BCUT2D eigenvalue weighted by Crippen LogP contribution is -2.00. The van der Waals surface area contributed by atoms with Gasteiger partial charge in [0.05, 0.1) is 10.7 Å². The Balaban J connectivity index is 2.03. The van der Waals surface area contributed by atoms with E-state index in [2.05, 4.69) is 11.9 Å². The van der Waals surface area contributed by atoms with Crippen LogP contribution in [0.5, 0.6) is 5.75 Å². The van der Waals surface area contributed by atoms with Crippen molar-refractivity contribution < 1.29 is 14.6 Å². The van der Waals surface area contributed by atoms with Crippen LogP contribution in [0, 0.1) is 6.92 Å². The van der Waals surface area contributed by atoms with Gasteiger partial charge in [-0.25, -0.2) is 9.78 Å². The number of thiazole rings is 1. The van der Waals surface area contributed by atoms with Gasteiger partial charge in [-0.2, -0.15) is 0 Å². The van der Waals surface area contributed by atoms with E-state index in [1.54, 1.807) is 17.4 Å². The van der Waals surface area contributed by atoms with Crippen molar-refractivity contribution in [1.82, 2.24) is 4.98 Å². The molecule has 1 N–H and O–H groups in total. The molecule has 102 valence electrons. The van der Waals surface area contributed by atoms with E-state index < -0.39 is 5.97 Å². The van der Waals surface area contributed by atoms with Gasteiger partial charge < -0.3 is 9.84 Å². The molecule has 0 aliphatic carbocycles. The van der Waals surface area contributed by atoms with E-state index in [0.717, 1.165) is 28.4 Å². The Morgan fingerprint density at radius 2 is 2.32 bits per heavy atom. The SMILES string of the molecule is CCCc1nc(COc2cc(C)sc2C(=O)O)cs1. The quantitative estimate of drug-likeness (QED) is 0.882. The molecule has 0 saturated heterocycles. The Hall–Kier alpha value is -1.40. The smallest absolute Gasteiger partial charge is 0.349 e. The molecule has 2 aromatic heterocycles. The van der Waals surface area contributed by atoms with Crippen molar-refractivity contribution in [2.45, 2.75) is 33.3 Å². The largest absolute Gasteiger partial charge is 0.485 e. The highest BCUT2D eigenvalue weighted by Gasteiger charge is 2.15. The number of hydrogen-bond acceptors (Lipinski definition) is 5. The molecule has 0 aliphatic heterocycles. The number of ether oxygens (including phenoxy) is 1. The number of thiophene rings is 1. The van der Waals surface area contributed by atoms with E-state index in [-0.39, 0.29) is 4.88 Å². The van der Waals surface area contributed by atoms with Crippen molar-refractivity contribution >= 4 is 28.6 Å². The molecule has 2 aromatic rings. The second kappa shape index (κ2) is 6.16. The molecule has 0 unspecified atom stereocenters. The van der Waals surface area contributed by atoms with Gasteiger partial charge in [0.25, 0.3) is 0 Å². The summed E-state index contributed by atoms with van der Waals surface area (Å²) in [5.41, 5.74) is 0.855. The van der Waals surface area contributed by atoms with Gasteiger partial charge in [-0.15, -0.1) is 22.7 Å². The molecule has 0 spiro atoms. The number of nitrogens with zero attached hydrogens (tertiary/aromatic N) is 1. The van der Waals surface area contributed by atoms with Crippen LogP contribution in [0.1, 0.15) is 38.6 Å². The molecule has 0 saturated carbocycles. The first-order chi connectivity index (χ1) is 9.10. The van der Waals surface area contributed by atoms with Crippen LogP contribution in [0.3, 0.4) is 0 Å². The van der Waals surface area contributed by atoms with Crippen LogP contribution in [0.25, 0.3) is 0 Å². The van der Waals surface area contributed by atoms with Gasteiger partial charge in [0.15, 0.2) is 4.88 Å². The van der Waals surface area contributed by atoms with Crippen LogP contribution in [0.2, 0.25) is 0 Å². The van der Waals surface area contributed by atoms with Gasteiger partial charge in [-0.3, -0.25) is 0 Å². The molecule has 6 heteroatoms. The molecule has 0 amide bonds. The summed E-state index contributed by atoms with van der Waals surface area (Å²) in [6.45, 7) is 4.30. The molecule has 4 nitrogen and oxygen atoms in total. The maximum Gasteiger partial charge on any atom is 0.349 e. The van der Waals surface area contributed by atoms with Gasteiger partial charge in [-0.05, 0) is 25.8 Å². The lowest BCUT2D eigenvalue weighted by atomic mass is 10.3. The molecule has 0 bridgehead atoms. The van der Waals surface area contributed by atoms with Crippen LogP contribution in [0.4, 0.5) is 0 Å². The van der Waals surface area contributed by atoms with Gasteiger partial charge in [0.2, 0.25) is 0 Å². The number of hydrogen-bond donors (Lipinski definition) is 1. The lowest BCUT2D eigenvalue weighted by Gasteiger charge is -2.02. The van der Waals surface area contributed by atoms with E-state index in [1.807, 2.05) is 12.3 Å². The Morgan fingerprint density at radius 3 is 3.00 bits per heavy atom. The highest BCUT2D eigenvalue weighted by atomic mass is 32.1. The van der Waals surface area contributed by atoms with Crippen molar-refractivity contribution in [2.24, 2.45) is 0 Å². The summed E-state index contributed by atoms with van der Waals surface area (Å²) in [6.07, 6.45) is 2.04. The summed E-state index contributed by atoms with van der Waals surface area (Å²) in [4.78, 5) is 16.7. The number of aromatic carboxylic acids is 1. The third-order valence-corrected chi connectivity index (χ3v) is 4.43. The zero-order valence-corrected chi connectivity index (χ0v) is 12.4. The molecule has 2 rings (SSSR count). The van der Waals surface area contributed by atoms with Gasteiger partial charge in [-0.1, -0.05) is 6.92 Å². The second-order valence-electron chi connectivity index (χ2n) is 4.13. The van der Waals surface area contributed by atoms with E-state index in [0.29, 0.717) is 12.4 Å². The van der Waals surface area contributed by atoms with E-state index in [9.17, 15) is 4.79 Å². The summed E-state index contributed by atoms with van der Waals surface area (Å²) in [5.74, 6) is -0.516. The third-order valence-electron chi connectivity index (χ3n) is 2.45. The van der Waals surface area contributed by atoms with Crippen LogP contribution >= 0.6 is 22.7 Å². The summed E-state index contributed by atoms with van der Waals surface area (Å²) in [6, 6.07) is 1.76. The first-order valence-electron chi connectivity index (χ1n) is 6.00. The summed E-state index contributed by atoms with van der Waals surface area (Å²) in [5, 5.41) is 12.1. The van der Waals surface area contributed by atoms with Crippen LogP contribution < -0.4 is 4.74 Å². The van der Waals surface area contributed by atoms with E-state index in [4.69, 9.17) is 9.84 Å². The van der Waals surface area contributed by atoms with Crippen LogP contribution in [0.15, 0.2) is 11.4 Å². The molecule has 19 heavy (non-hydrogen) atoms. The predicted molar refractivity (Wildman–Crippen MR) is 76.5 cm³/mol. The Kier molecular flexibility index (Phi) is 4.55. The minimum absolute atomic E-state index is 0.251. The summed E-state index contributed by atoms with van der Waals surface area (Å²) in [7, 11) is 0. The van der Waals surface area contributed by atoms with Crippen molar-refractivity contribution in [3.05, 3.63) is 31.9 Å². The minimum Gasteiger partial charge on any atom is -0.485 e. The predicted octanol–water partition coefficient (Wildman–Crippen LogP) is 3.74. The Morgan fingerprint density at radius 1 is 1.53 bits per heavy atom. The Labute approximate surface area is 119 Å². The fourth-order valence-electron chi connectivity index (χ4n) is 1.64. The number of rotatable bonds is 6. The van der Waals surface area contributed by atoms with Gasteiger partial charge in [0, 0.05) is 10.3 Å². The monoisotopic (exact) mass is 297 g/mol. The summed E-state index contributed by atoms with van der Waals surface area (Å²) >= 11 is 2.85. The molecule has 0 fully saturated rings. The molecule has 0 aromatic carbocycles. The van der Waals surface area contributed by atoms with E-state index in [1.165, 1.54) is 11.3 Å². The topological polar surface area (TPSA) is 59.4 Å². The van der Waals surface area contributed by atoms with Gasteiger partial charge in [0.1, 0.15) is 12.4 Å². The molecular formula is C13H15NO3S2. The zero-order chi connectivity index (χ0) is 13.8. The molecule has 0 atom stereocenters. The second-order valence-corrected chi connectivity index (χ2v) is 6.33. The first kappa shape index (κ1) is 14.0. The maximum atomic E-state index is 11.1. The average molecular weight is 297 g/mol. The summed E-state index contributed by atoms with van der Waals surface area (Å²) < 4.78 is 5.57. The van der Waals surface area contributed by atoms with E-state index >= 15 is 0 Å². The first-order valence-corrected chi connectivity index (χ1v) is 7.69. The van der Waals surface area contributed by atoms with Crippen molar-refractivity contribution in [3.63, 3.8) is 0 Å². The number of carbonyl (C=O) groups is 1.